The van der Waals surface area contributed by atoms with Gasteiger partial charge in [0.15, 0.2) is 0 Å². The van der Waals surface area contributed by atoms with Crippen molar-refractivity contribution in [1.82, 2.24) is 9.80 Å². The Balaban J connectivity index is 2.15. The van der Waals surface area contributed by atoms with Crippen LogP contribution in [-0.2, 0) is 9.53 Å². The molecular weight excluding hydrogens is 301 g/mol. The molecule has 1 saturated heterocycles. The van der Waals surface area contributed by atoms with E-state index in [0.717, 1.165) is 32.5 Å². The van der Waals surface area contributed by atoms with Gasteiger partial charge in [0.1, 0.15) is 6.61 Å². The molecule has 130 valence electrons. The van der Waals surface area contributed by atoms with Gasteiger partial charge in [0.2, 0.25) is 0 Å². The number of halogens is 3. The second kappa shape index (κ2) is 9.32. The molecule has 0 aromatic heterocycles. The third-order valence-corrected chi connectivity index (χ3v) is 3.85. The largest absolute Gasteiger partial charge is 0.480 e. The molecule has 0 atom stereocenters. The highest BCUT2D eigenvalue weighted by Crippen LogP contribution is 2.17. The topological polar surface area (TPSA) is 53.0 Å². The van der Waals surface area contributed by atoms with Gasteiger partial charge < -0.3 is 14.7 Å². The number of carbonyl (C=O) groups is 1. The number of carboxylic acids is 1. The van der Waals surface area contributed by atoms with E-state index < -0.39 is 18.8 Å². The first-order valence-corrected chi connectivity index (χ1v) is 7.64. The number of carboxylic acid groups (broad SMARTS) is 1. The lowest BCUT2D eigenvalue weighted by atomic mass is 10.0. The Morgan fingerprint density at radius 3 is 2.50 bits per heavy atom. The molecule has 0 unspecified atom stereocenters. The number of alkyl halides is 3. The maximum Gasteiger partial charge on any atom is 0.411 e. The summed E-state index contributed by atoms with van der Waals surface area (Å²) >= 11 is 0. The quantitative estimate of drug-likeness (QED) is 0.655. The molecule has 0 aromatic carbocycles. The number of piperidine rings is 1. The van der Waals surface area contributed by atoms with Crippen molar-refractivity contribution in [3.8, 4) is 0 Å². The molecule has 1 heterocycles. The predicted molar refractivity (Wildman–Crippen MR) is 75.8 cm³/mol. The van der Waals surface area contributed by atoms with Gasteiger partial charge in [-0.3, -0.25) is 9.69 Å². The second-order valence-electron chi connectivity index (χ2n) is 5.55. The molecule has 1 fully saturated rings. The molecule has 0 radical (unpaired) electrons. The van der Waals surface area contributed by atoms with Crippen molar-refractivity contribution in [3.05, 3.63) is 0 Å². The lowest BCUT2D eigenvalue weighted by Gasteiger charge is -2.37. The summed E-state index contributed by atoms with van der Waals surface area (Å²) in [4.78, 5) is 15.0. The summed E-state index contributed by atoms with van der Waals surface area (Å²) in [6.07, 6.45) is -1.89. The first-order valence-electron chi connectivity index (χ1n) is 7.64. The molecule has 1 rings (SSSR count). The minimum atomic E-state index is -4.26. The van der Waals surface area contributed by atoms with Gasteiger partial charge in [-0.1, -0.05) is 6.92 Å². The first-order chi connectivity index (χ1) is 10.3. The van der Waals surface area contributed by atoms with Crippen LogP contribution in [0.3, 0.4) is 0 Å². The Bertz CT molecular complexity index is 332. The fraction of sp³-hybridized carbons (Fsp3) is 0.929. The van der Waals surface area contributed by atoms with Crippen LogP contribution >= 0.6 is 0 Å². The van der Waals surface area contributed by atoms with Crippen molar-refractivity contribution in [3.63, 3.8) is 0 Å². The molecule has 0 aromatic rings. The van der Waals surface area contributed by atoms with Crippen LogP contribution < -0.4 is 0 Å². The van der Waals surface area contributed by atoms with Crippen LogP contribution in [0.5, 0.6) is 0 Å². The third kappa shape index (κ3) is 7.95. The van der Waals surface area contributed by atoms with E-state index in [2.05, 4.69) is 9.64 Å². The van der Waals surface area contributed by atoms with Gasteiger partial charge in [-0.25, -0.2) is 0 Å². The second-order valence-corrected chi connectivity index (χ2v) is 5.55. The lowest BCUT2D eigenvalue weighted by molar-refractivity contribution is -0.174. The Morgan fingerprint density at radius 1 is 1.36 bits per heavy atom. The van der Waals surface area contributed by atoms with E-state index in [4.69, 9.17) is 5.11 Å². The maximum atomic E-state index is 11.9. The summed E-state index contributed by atoms with van der Waals surface area (Å²) in [5.74, 6) is -0.814. The van der Waals surface area contributed by atoms with Crippen molar-refractivity contribution in [2.24, 2.45) is 0 Å². The van der Waals surface area contributed by atoms with Crippen molar-refractivity contribution >= 4 is 5.97 Å². The van der Waals surface area contributed by atoms with E-state index >= 15 is 0 Å². The lowest BCUT2D eigenvalue weighted by Crippen LogP contribution is -2.46. The van der Waals surface area contributed by atoms with Crippen molar-refractivity contribution < 1.29 is 27.8 Å². The van der Waals surface area contributed by atoms with Gasteiger partial charge in [-0.05, 0) is 38.9 Å². The number of hydrogen-bond acceptors (Lipinski definition) is 4. The number of rotatable bonds is 9. The maximum absolute atomic E-state index is 11.9. The average Bonchev–Trinajstić information content (AvgIpc) is 2.44. The van der Waals surface area contributed by atoms with E-state index in [1.165, 1.54) is 0 Å². The van der Waals surface area contributed by atoms with E-state index in [9.17, 15) is 18.0 Å². The van der Waals surface area contributed by atoms with Crippen LogP contribution in [0.15, 0.2) is 0 Å². The molecular formula is C14H25F3N2O3. The molecule has 0 saturated carbocycles. The number of nitrogens with zero attached hydrogens (tertiary/aromatic N) is 2. The van der Waals surface area contributed by atoms with Crippen molar-refractivity contribution in [2.45, 2.75) is 38.4 Å². The van der Waals surface area contributed by atoms with Crippen LogP contribution in [-0.4, -0.2) is 79.0 Å². The highest BCUT2D eigenvalue weighted by Gasteiger charge is 2.27. The molecule has 1 N–H and O–H groups in total. The number of likely N-dealkylation sites (N-methyl/N-ethyl adjacent to an activating group) is 1. The SMILES string of the molecule is CCN(CC(=O)O)C1CCN(CCCOCC(F)(F)F)CC1. The number of hydrogen-bond donors (Lipinski definition) is 1. The molecule has 1 aliphatic rings. The summed E-state index contributed by atoms with van der Waals surface area (Å²) in [7, 11) is 0. The Labute approximate surface area is 129 Å². The molecule has 0 aliphatic carbocycles. The Morgan fingerprint density at radius 2 is 2.00 bits per heavy atom. The van der Waals surface area contributed by atoms with E-state index in [-0.39, 0.29) is 19.2 Å². The van der Waals surface area contributed by atoms with E-state index in [1.807, 2.05) is 11.8 Å². The Hall–Kier alpha value is -0.860. The number of likely N-dealkylation sites (tertiary alicyclic amines) is 1. The standard InChI is InChI=1S/C14H25F3N2O3/c1-2-19(10-13(20)21)12-4-7-18(8-5-12)6-3-9-22-11-14(15,16)17/h12H,2-11H2,1H3,(H,20,21). The predicted octanol–water partition coefficient (Wildman–Crippen LogP) is 1.83. The summed E-state index contributed by atoms with van der Waals surface area (Å²) in [6.45, 7) is 4.06. The molecule has 0 spiro atoms. The van der Waals surface area contributed by atoms with Gasteiger partial charge in [-0.15, -0.1) is 0 Å². The van der Waals surface area contributed by atoms with Crippen molar-refractivity contribution in [1.29, 1.82) is 0 Å². The van der Waals surface area contributed by atoms with Crippen molar-refractivity contribution in [2.75, 3.05) is 45.9 Å². The van der Waals surface area contributed by atoms with Crippen LogP contribution in [0.4, 0.5) is 13.2 Å². The van der Waals surface area contributed by atoms with Crippen LogP contribution in [0.25, 0.3) is 0 Å². The fourth-order valence-electron chi connectivity index (χ4n) is 2.76. The smallest absolute Gasteiger partial charge is 0.411 e. The van der Waals surface area contributed by atoms with Gasteiger partial charge in [-0.2, -0.15) is 13.2 Å². The van der Waals surface area contributed by atoms with E-state index in [0.29, 0.717) is 13.0 Å². The first kappa shape index (κ1) is 19.2. The number of ether oxygens (including phenoxy) is 1. The average molecular weight is 326 g/mol. The molecule has 5 nitrogen and oxygen atoms in total. The highest BCUT2D eigenvalue weighted by molar-refractivity contribution is 5.69. The minimum Gasteiger partial charge on any atom is -0.480 e. The molecule has 8 heteroatoms. The molecule has 0 bridgehead atoms. The van der Waals surface area contributed by atoms with Crippen LogP contribution in [0.2, 0.25) is 0 Å². The Kier molecular flexibility index (Phi) is 8.13. The van der Waals surface area contributed by atoms with E-state index in [1.54, 1.807) is 0 Å². The summed E-state index contributed by atoms with van der Waals surface area (Å²) in [6, 6.07) is 0.277. The zero-order valence-electron chi connectivity index (χ0n) is 12.9. The third-order valence-electron chi connectivity index (χ3n) is 3.85. The summed E-state index contributed by atoms with van der Waals surface area (Å²) < 4.78 is 40.3. The van der Waals surface area contributed by atoms with Crippen LogP contribution in [0, 0.1) is 0 Å². The summed E-state index contributed by atoms with van der Waals surface area (Å²) in [5.41, 5.74) is 0. The van der Waals surface area contributed by atoms with Gasteiger partial charge in [0, 0.05) is 19.2 Å². The minimum absolute atomic E-state index is 0.0620. The zero-order chi connectivity index (χ0) is 16.6. The molecule has 1 aliphatic heterocycles. The van der Waals surface area contributed by atoms with Gasteiger partial charge in [0.05, 0.1) is 6.54 Å². The van der Waals surface area contributed by atoms with Crippen LogP contribution in [0.1, 0.15) is 26.2 Å². The molecule has 22 heavy (non-hydrogen) atoms. The summed E-state index contributed by atoms with van der Waals surface area (Å²) in [5, 5.41) is 8.88. The molecule has 0 amide bonds. The zero-order valence-corrected chi connectivity index (χ0v) is 12.9. The normalized spacial score (nSPS) is 18.0. The highest BCUT2D eigenvalue weighted by atomic mass is 19.4. The fourth-order valence-corrected chi connectivity index (χ4v) is 2.76. The van der Waals surface area contributed by atoms with Gasteiger partial charge in [0.25, 0.3) is 0 Å². The monoisotopic (exact) mass is 326 g/mol. The van der Waals surface area contributed by atoms with Gasteiger partial charge >= 0.3 is 12.1 Å². The number of aliphatic carboxylic acids is 1.